The Labute approximate surface area is 288 Å². The molecular formula is C44H39N3O2. The molecule has 0 unspecified atom stereocenters. The molecule has 0 radical (unpaired) electrons. The summed E-state index contributed by atoms with van der Waals surface area (Å²) in [5.41, 5.74) is 13.6. The van der Waals surface area contributed by atoms with Gasteiger partial charge < -0.3 is 4.90 Å². The van der Waals surface area contributed by atoms with Crippen LogP contribution in [0, 0.1) is 0 Å². The average Bonchev–Trinajstić information content (AvgIpc) is 3.30. The van der Waals surface area contributed by atoms with E-state index in [4.69, 9.17) is 4.84 Å². The third-order valence-electron chi connectivity index (χ3n) is 11.0. The van der Waals surface area contributed by atoms with Crippen molar-refractivity contribution in [3.8, 4) is 0 Å². The number of fused-ring (bicyclic) bond motifs is 6. The molecule has 5 heteroatoms. The Balaban J connectivity index is 1.15. The lowest BCUT2D eigenvalue weighted by atomic mass is 9.72. The normalized spacial score (nSPS) is 16.4. The summed E-state index contributed by atoms with van der Waals surface area (Å²) in [6, 6.07) is 49.2. The van der Waals surface area contributed by atoms with Gasteiger partial charge in [0.05, 0.1) is 40.7 Å². The summed E-state index contributed by atoms with van der Waals surface area (Å²) in [5.74, 6) is 0. The number of para-hydroxylation sites is 5. The number of aryl methyl sites for hydroxylation is 2. The zero-order valence-electron chi connectivity index (χ0n) is 28.1. The Morgan fingerprint density at radius 3 is 1.59 bits per heavy atom. The summed E-state index contributed by atoms with van der Waals surface area (Å²) in [6.07, 6.45) is 1.95. The number of hydrogen-bond acceptors (Lipinski definition) is 5. The van der Waals surface area contributed by atoms with Gasteiger partial charge in [-0.05, 0) is 102 Å². The first-order chi connectivity index (χ1) is 23.9. The maximum atomic E-state index is 11.3. The van der Waals surface area contributed by atoms with Crippen LogP contribution in [0.5, 0.6) is 0 Å². The van der Waals surface area contributed by atoms with Crippen LogP contribution in [0.1, 0.15) is 54.2 Å². The van der Waals surface area contributed by atoms with E-state index in [0.717, 1.165) is 63.8 Å². The minimum atomic E-state index is -0.450. The van der Waals surface area contributed by atoms with Crippen molar-refractivity contribution in [3.63, 3.8) is 0 Å². The maximum absolute atomic E-state index is 11.3. The molecule has 1 N–H and O–H groups in total. The van der Waals surface area contributed by atoms with Crippen LogP contribution in [0.2, 0.25) is 0 Å². The second kappa shape index (κ2) is 11.1. The van der Waals surface area contributed by atoms with Gasteiger partial charge in [-0.3, -0.25) is 10.0 Å². The van der Waals surface area contributed by atoms with Crippen LogP contribution < -0.4 is 15.0 Å². The summed E-state index contributed by atoms with van der Waals surface area (Å²) in [6.45, 7) is 7.25. The van der Waals surface area contributed by atoms with Gasteiger partial charge in [0.1, 0.15) is 0 Å². The molecule has 242 valence electrons. The molecule has 6 aromatic carbocycles. The van der Waals surface area contributed by atoms with Gasteiger partial charge in [0.25, 0.3) is 0 Å². The molecule has 49 heavy (non-hydrogen) atoms. The Morgan fingerprint density at radius 2 is 1.00 bits per heavy atom. The zero-order chi connectivity index (χ0) is 33.3. The Hall–Kier alpha value is -5.36. The highest BCUT2D eigenvalue weighted by atomic mass is 16.7. The predicted octanol–water partition coefficient (Wildman–Crippen LogP) is 10.8. The third-order valence-corrected chi connectivity index (χ3v) is 11.0. The van der Waals surface area contributed by atoms with Gasteiger partial charge in [-0.15, -0.1) is 0 Å². The van der Waals surface area contributed by atoms with Crippen LogP contribution in [0.3, 0.4) is 0 Å². The number of benzene rings is 6. The second-order valence-corrected chi connectivity index (χ2v) is 14.2. The van der Waals surface area contributed by atoms with Gasteiger partial charge in [0.15, 0.2) is 0 Å². The van der Waals surface area contributed by atoms with E-state index in [9.17, 15) is 5.21 Å². The van der Waals surface area contributed by atoms with Crippen LogP contribution in [-0.4, -0.2) is 11.8 Å². The van der Waals surface area contributed by atoms with E-state index in [1.807, 2.05) is 18.2 Å². The van der Waals surface area contributed by atoms with Gasteiger partial charge in [-0.25, -0.2) is 10.1 Å². The van der Waals surface area contributed by atoms with E-state index in [1.165, 1.54) is 27.3 Å². The molecule has 0 spiro atoms. The molecule has 6 aromatic rings. The smallest absolute Gasteiger partial charge is 0.0889 e. The molecule has 0 aromatic heterocycles. The van der Waals surface area contributed by atoms with Crippen molar-refractivity contribution in [2.24, 2.45) is 0 Å². The number of rotatable bonds is 4. The standard InChI is InChI=1S/C44H39N3O2/c1-43(2)33-16-6-13-23-41(33)46(48)42-27-26-32(28-36(42)43)45-39-21-11-7-17-34(39)44(3,35-18-8-12-22-40(35)45)29-49-47-37-19-9-4-14-30(37)24-25-31-15-5-10-20-38(31)47/h4-23,26-28,48H,24-25,29H2,1-3H3. The number of hydrogen-bond donors (Lipinski definition) is 1. The first kappa shape index (κ1) is 29.8. The lowest BCUT2D eigenvalue weighted by molar-refractivity contribution is 0.102. The van der Waals surface area contributed by atoms with Crippen molar-refractivity contribution >= 4 is 39.8 Å². The molecule has 0 fully saturated rings. The fourth-order valence-corrected chi connectivity index (χ4v) is 8.36. The van der Waals surface area contributed by atoms with Crippen LogP contribution >= 0.6 is 0 Å². The quantitative estimate of drug-likeness (QED) is 0.207. The predicted molar refractivity (Wildman–Crippen MR) is 198 cm³/mol. The summed E-state index contributed by atoms with van der Waals surface area (Å²) >= 11 is 0. The second-order valence-electron chi connectivity index (χ2n) is 14.2. The lowest BCUT2D eigenvalue weighted by Crippen LogP contribution is -2.39. The molecule has 9 rings (SSSR count). The lowest BCUT2D eigenvalue weighted by Gasteiger charge is -2.45. The summed E-state index contributed by atoms with van der Waals surface area (Å²) in [4.78, 5) is 9.42. The fourth-order valence-electron chi connectivity index (χ4n) is 8.36. The van der Waals surface area contributed by atoms with Gasteiger partial charge in [0.2, 0.25) is 0 Å². The third kappa shape index (κ3) is 4.46. The first-order valence-electron chi connectivity index (χ1n) is 17.2. The zero-order valence-corrected chi connectivity index (χ0v) is 28.1. The average molecular weight is 642 g/mol. The first-order valence-corrected chi connectivity index (χ1v) is 17.2. The van der Waals surface area contributed by atoms with E-state index in [0.29, 0.717) is 6.61 Å². The van der Waals surface area contributed by atoms with Crippen molar-refractivity contribution in [2.75, 3.05) is 21.6 Å². The van der Waals surface area contributed by atoms with Crippen molar-refractivity contribution in [1.82, 2.24) is 0 Å². The largest absolute Gasteiger partial charge is 0.310 e. The number of anilines is 7. The molecule has 0 bridgehead atoms. The fraction of sp³-hybridized carbons (Fsp3) is 0.182. The van der Waals surface area contributed by atoms with Crippen LogP contribution in [0.4, 0.5) is 39.8 Å². The number of nitrogens with zero attached hydrogens (tertiary/aromatic N) is 3. The minimum absolute atomic E-state index is 0.307. The Kier molecular flexibility index (Phi) is 6.74. The van der Waals surface area contributed by atoms with Crippen molar-refractivity contribution in [1.29, 1.82) is 0 Å². The molecule has 3 heterocycles. The maximum Gasteiger partial charge on any atom is 0.0889 e. The Bertz CT molecular complexity index is 2150. The SMILES string of the molecule is CC1(C)c2ccccc2N(O)c2ccc(N3c4ccccc4C(C)(CON4c5ccccc5CCc5ccccc54)c4ccccc43)cc21. The van der Waals surface area contributed by atoms with Crippen molar-refractivity contribution in [3.05, 3.63) is 173 Å². The van der Waals surface area contributed by atoms with Gasteiger partial charge in [0, 0.05) is 16.5 Å². The molecule has 5 nitrogen and oxygen atoms in total. The Morgan fingerprint density at radius 1 is 0.531 bits per heavy atom. The molecular weight excluding hydrogens is 603 g/mol. The van der Waals surface area contributed by atoms with Gasteiger partial charge >= 0.3 is 0 Å². The molecule has 3 aliphatic heterocycles. The highest BCUT2D eigenvalue weighted by molar-refractivity contribution is 5.88. The summed E-state index contributed by atoms with van der Waals surface area (Å²) in [7, 11) is 0. The molecule has 0 amide bonds. The van der Waals surface area contributed by atoms with E-state index in [1.54, 1.807) is 0 Å². The van der Waals surface area contributed by atoms with Crippen LogP contribution in [0.25, 0.3) is 0 Å². The minimum Gasteiger partial charge on any atom is -0.310 e. The molecule has 0 atom stereocenters. The summed E-state index contributed by atoms with van der Waals surface area (Å²) in [5, 5.41) is 14.8. The van der Waals surface area contributed by atoms with Crippen LogP contribution in [-0.2, 0) is 28.5 Å². The van der Waals surface area contributed by atoms with E-state index in [2.05, 4.69) is 152 Å². The summed E-state index contributed by atoms with van der Waals surface area (Å²) < 4.78 is 0. The highest BCUT2D eigenvalue weighted by Crippen LogP contribution is 2.55. The topological polar surface area (TPSA) is 39.2 Å². The van der Waals surface area contributed by atoms with Crippen molar-refractivity contribution in [2.45, 2.75) is 44.4 Å². The van der Waals surface area contributed by atoms with E-state index >= 15 is 0 Å². The molecule has 3 aliphatic rings. The van der Waals surface area contributed by atoms with Crippen molar-refractivity contribution < 1.29 is 10.0 Å². The van der Waals surface area contributed by atoms with Gasteiger partial charge in [-0.1, -0.05) is 105 Å². The van der Waals surface area contributed by atoms with E-state index in [-0.39, 0.29) is 5.41 Å². The van der Waals surface area contributed by atoms with Gasteiger partial charge in [-0.2, -0.15) is 0 Å². The van der Waals surface area contributed by atoms with E-state index < -0.39 is 5.41 Å². The monoisotopic (exact) mass is 641 g/mol. The molecule has 0 aliphatic carbocycles. The highest BCUT2D eigenvalue weighted by Gasteiger charge is 2.42. The van der Waals surface area contributed by atoms with Crippen LogP contribution in [0.15, 0.2) is 140 Å². The molecule has 0 saturated heterocycles. The molecule has 0 saturated carbocycles.